The Hall–Kier alpha value is -3.63. The van der Waals surface area contributed by atoms with Gasteiger partial charge in [-0.15, -0.1) is 11.3 Å². The molecule has 0 aliphatic heterocycles. The van der Waals surface area contributed by atoms with Crippen LogP contribution in [0.4, 0.5) is 14.7 Å². The normalized spacial score (nSPS) is 10.6. The number of carbonyl (C=O) groups excluding carboxylic acids is 2. The molecule has 4 rings (SSSR count). The van der Waals surface area contributed by atoms with Crippen LogP contribution in [0.1, 0.15) is 26.4 Å². The van der Waals surface area contributed by atoms with Gasteiger partial charge in [0, 0.05) is 5.38 Å². The fourth-order valence-electron chi connectivity index (χ4n) is 2.93. The lowest BCUT2D eigenvalue weighted by Gasteiger charge is -2.06. The zero-order valence-electron chi connectivity index (χ0n) is 17.0. The summed E-state index contributed by atoms with van der Waals surface area (Å²) in [6.45, 7) is 1.81. The number of amides is 2. The number of benzene rings is 2. The molecule has 2 aromatic heterocycles. The second kappa shape index (κ2) is 9.25. The van der Waals surface area contributed by atoms with Crippen LogP contribution in [-0.4, -0.2) is 28.9 Å². The van der Waals surface area contributed by atoms with Crippen molar-refractivity contribution in [1.82, 2.24) is 9.97 Å². The summed E-state index contributed by atoms with van der Waals surface area (Å²) >= 11 is 2.48. The lowest BCUT2D eigenvalue weighted by Crippen LogP contribution is -2.13. The number of carbonyl (C=O) groups is 2. The fraction of sp³-hybridized carbons (Fsp3) is 0.0909. The first-order chi connectivity index (χ1) is 15.5. The van der Waals surface area contributed by atoms with Gasteiger partial charge in [-0.3, -0.25) is 20.2 Å². The van der Waals surface area contributed by atoms with E-state index in [4.69, 9.17) is 4.74 Å². The molecule has 0 saturated carbocycles. The van der Waals surface area contributed by atoms with Crippen LogP contribution in [0.2, 0.25) is 0 Å². The molecule has 0 fully saturated rings. The maximum Gasteiger partial charge on any atom is 0.261 e. The standard InChI is InChI=1S/C22H17FN4O3S2/c1-12-18(32-22(24-12)27-20(29)14-8-4-6-10-17(14)30-2)16-11-31-21(25-16)26-19(28)13-7-3-5-9-15(13)23/h3-11H,1-2H3,(H,24,27,29)(H,25,26,28). The largest absolute Gasteiger partial charge is 0.496 e. The molecule has 0 aliphatic carbocycles. The van der Waals surface area contributed by atoms with Gasteiger partial charge in [0.15, 0.2) is 10.3 Å². The van der Waals surface area contributed by atoms with Gasteiger partial charge in [0.2, 0.25) is 0 Å². The minimum Gasteiger partial charge on any atom is -0.496 e. The van der Waals surface area contributed by atoms with Crippen LogP contribution in [0, 0.1) is 12.7 Å². The van der Waals surface area contributed by atoms with E-state index in [9.17, 15) is 14.0 Å². The van der Waals surface area contributed by atoms with Gasteiger partial charge in [0.1, 0.15) is 11.6 Å². The van der Waals surface area contributed by atoms with Crippen molar-refractivity contribution in [2.75, 3.05) is 17.7 Å². The summed E-state index contributed by atoms with van der Waals surface area (Å²) in [7, 11) is 1.50. The summed E-state index contributed by atoms with van der Waals surface area (Å²) in [4.78, 5) is 34.5. The van der Waals surface area contributed by atoms with Gasteiger partial charge in [-0.1, -0.05) is 35.6 Å². The van der Waals surface area contributed by atoms with Gasteiger partial charge in [0.25, 0.3) is 11.8 Å². The Labute approximate surface area is 190 Å². The highest BCUT2D eigenvalue weighted by molar-refractivity contribution is 7.20. The summed E-state index contributed by atoms with van der Waals surface area (Å²) in [6.07, 6.45) is 0. The Morgan fingerprint density at radius 3 is 2.34 bits per heavy atom. The van der Waals surface area contributed by atoms with Crippen molar-refractivity contribution in [3.05, 3.63) is 76.5 Å². The number of aromatic nitrogens is 2. The Bertz CT molecular complexity index is 1300. The number of anilines is 2. The van der Waals surface area contributed by atoms with Crippen molar-refractivity contribution < 1.29 is 18.7 Å². The van der Waals surface area contributed by atoms with Crippen molar-refractivity contribution >= 4 is 44.8 Å². The van der Waals surface area contributed by atoms with Crippen LogP contribution < -0.4 is 15.4 Å². The molecule has 10 heteroatoms. The Morgan fingerprint density at radius 2 is 1.59 bits per heavy atom. The number of para-hydroxylation sites is 1. The topological polar surface area (TPSA) is 93.2 Å². The van der Waals surface area contributed by atoms with E-state index in [0.717, 1.165) is 4.88 Å². The molecule has 32 heavy (non-hydrogen) atoms. The van der Waals surface area contributed by atoms with Gasteiger partial charge in [-0.05, 0) is 31.2 Å². The molecule has 4 aromatic rings. The molecule has 2 N–H and O–H groups in total. The second-order valence-corrected chi connectivity index (χ2v) is 8.42. The number of ether oxygens (including phenoxy) is 1. The summed E-state index contributed by atoms with van der Waals surface area (Å²) in [6, 6.07) is 12.7. The van der Waals surface area contributed by atoms with Crippen LogP contribution in [-0.2, 0) is 0 Å². The third-order valence-electron chi connectivity index (χ3n) is 4.44. The summed E-state index contributed by atoms with van der Waals surface area (Å²) in [5.41, 5.74) is 1.63. The van der Waals surface area contributed by atoms with E-state index < -0.39 is 11.7 Å². The number of nitrogens with zero attached hydrogens (tertiary/aromatic N) is 2. The molecule has 0 spiro atoms. The van der Waals surface area contributed by atoms with Gasteiger partial charge < -0.3 is 4.74 Å². The third kappa shape index (κ3) is 4.51. The average molecular weight is 469 g/mol. The van der Waals surface area contributed by atoms with E-state index in [-0.39, 0.29) is 11.5 Å². The van der Waals surface area contributed by atoms with Crippen LogP contribution in [0.5, 0.6) is 5.75 Å². The van der Waals surface area contributed by atoms with Crippen molar-refractivity contribution in [3.63, 3.8) is 0 Å². The molecule has 162 valence electrons. The number of thiazole rings is 2. The first kappa shape index (κ1) is 21.6. The predicted octanol–water partition coefficient (Wildman–Crippen LogP) is 5.23. The predicted molar refractivity (Wildman–Crippen MR) is 123 cm³/mol. The van der Waals surface area contributed by atoms with Gasteiger partial charge in [0.05, 0.1) is 34.5 Å². The Morgan fingerprint density at radius 1 is 0.938 bits per heavy atom. The van der Waals surface area contributed by atoms with E-state index in [0.29, 0.717) is 33.0 Å². The van der Waals surface area contributed by atoms with E-state index in [1.54, 1.807) is 35.7 Å². The molecule has 0 radical (unpaired) electrons. The van der Waals surface area contributed by atoms with Gasteiger partial charge in [-0.25, -0.2) is 14.4 Å². The van der Waals surface area contributed by atoms with Crippen molar-refractivity contribution in [3.8, 4) is 16.3 Å². The molecule has 2 heterocycles. The molecule has 2 aromatic carbocycles. The number of aryl methyl sites for hydroxylation is 1. The zero-order chi connectivity index (χ0) is 22.7. The minimum atomic E-state index is -0.601. The maximum absolute atomic E-state index is 13.8. The molecule has 0 aliphatic rings. The van der Waals surface area contributed by atoms with Gasteiger partial charge >= 0.3 is 0 Å². The van der Waals surface area contributed by atoms with E-state index >= 15 is 0 Å². The molecular weight excluding hydrogens is 451 g/mol. The van der Waals surface area contributed by atoms with Crippen LogP contribution in [0.25, 0.3) is 10.6 Å². The quantitative estimate of drug-likeness (QED) is 0.404. The number of hydrogen-bond donors (Lipinski definition) is 2. The molecular formula is C22H17FN4O3S2. The van der Waals surface area contributed by atoms with Crippen molar-refractivity contribution in [2.24, 2.45) is 0 Å². The third-order valence-corrected chi connectivity index (χ3v) is 6.30. The van der Waals surface area contributed by atoms with Crippen LogP contribution in [0.3, 0.4) is 0 Å². The molecule has 0 saturated heterocycles. The lowest BCUT2D eigenvalue weighted by molar-refractivity contribution is 0.101. The molecule has 2 amide bonds. The number of methoxy groups -OCH3 is 1. The Kier molecular flexibility index (Phi) is 6.24. The van der Waals surface area contributed by atoms with Crippen molar-refractivity contribution in [2.45, 2.75) is 6.92 Å². The van der Waals surface area contributed by atoms with E-state index in [1.807, 2.05) is 6.92 Å². The first-order valence-electron chi connectivity index (χ1n) is 9.40. The summed E-state index contributed by atoms with van der Waals surface area (Å²) in [5, 5.41) is 7.91. The minimum absolute atomic E-state index is 0.0560. The maximum atomic E-state index is 13.8. The molecule has 7 nitrogen and oxygen atoms in total. The number of nitrogens with one attached hydrogen (secondary N) is 2. The highest BCUT2D eigenvalue weighted by Crippen LogP contribution is 2.35. The SMILES string of the molecule is COc1ccccc1C(=O)Nc1nc(C)c(-c2csc(NC(=O)c3ccccc3F)n2)s1. The number of halogens is 1. The highest BCUT2D eigenvalue weighted by atomic mass is 32.1. The average Bonchev–Trinajstić information content (AvgIpc) is 3.39. The van der Waals surface area contributed by atoms with Crippen LogP contribution in [0.15, 0.2) is 53.9 Å². The fourth-order valence-corrected chi connectivity index (χ4v) is 4.62. The number of hydrogen-bond acceptors (Lipinski definition) is 7. The molecule has 0 atom stereocenters. The van der Waals surface area contributed by atoms with E-state index in [2.05, 4.69) is 20.6 Å². The van der Waals surface area contributed by atoms with Gasteiger partial charge in [-0.2, -0.15) is 0 Å². The summed E-state index contributed by atoms with van der Waals surface area (Å²) in [5.74, 6) is -1.04. The van der Waals surface area contributed by atoms with E-state index in [1.165, 1.54) is 48.0 Å². The van der Waals surface area contributed by atoms with Crippen LogP contribution >= 0.6 is 22.7 Å². The Balaban J connectivity index is 1.50. The smallest absolute Gasteiger partial charge is 0.261 e. The second-order valence-electron chi connectivity index (χ2n) is 6.56. The molecule has 0 unspecified atom stereocenters. The summed E-state index contributed by atoms with van der Waals surface area (Å²) < 4.78 is 19.0. The van der Waals surface area contributed by atoms with Crippen molar-refractivity contribution in [1.29, 1.82) is 0 Å². The molecule has 0 bridgehead atoms. The number of rotatable bonds is 6. The first-order valence-corrected chi connectivity index (χ1v) is 11.1. The highest BCUT2D eigenvalue weighted by Gasteiger charge is 2.18. The lowest BCUT2D eigenvalue weighted by atomic mass is 10.2. The zero-order valence-corrected chi connectivity index (χ0v) is 18.6. The monoisotopic (exact) mass is 468 g/mol.